The van der Waals surface area contributed by atoms with E-state index in [2.05, 4.69) is 0 Å². The maximum absolute atomic E-state index is 10.9. The van der Waals surface area contributed by atoms with Crippen LogP contribution in [-0.4, -0.2) is 18.9 Å². The molecule has 0 radical (unpaired) electrons. The number of aldehydes is 1. The van der Waals surface area contributed by atoms with E-state index in [1.54, 1.807) is 13.0 Å². The van der Waals surface area contributed by atoms with Crippen molar-refractivity contribution in [1.29, 1.82) is 0 Å². The Morgan fingerprint density at radius 1 is 1.73 bits per heavy atom. The maximum atomic E-state index is 10.9. The van der Waals surface area contributed by atoms with Crippen LogP contribution in [0.5, 0.6) is 0 Å². The minimum Gasteiger partial charge on any atom is -0.462 e. The summed E-state index contributed by atoms with van der Waals surface area (Å²) in [6, 6.07) is 0. The zero-order valence-corrected chi connectivity index (χ0v) is 6.37. The second kappa shape index (κ2) is 3.32. The van der Waals surface area contributed by atoms with E-state index in [4.69, 9.17) is 4.74 Å². The van der Waals surface area contributed by atoms with Crippen molar-refractivity contribution < 1.29 is 14.3 Å². The van der Waals surface area contributed by atoms with Gasteiger partial charge in [-0.05, 0) is 6.92 Å². The van der Waals surface area contributed by atoms with Crippen LogP contribution in [0.25, 0.3) is 0 Å². The number of allylic oxidation sites excluding steroid dienone is 1. The Morgan fingerprint density at radius 2 is 2.45 bits per heavy atom. The highest BCUT2D eigenvalue weighted by atomic mass is 16.5. The van der Waals surface area contributed by atoms with Crippen LogP contribution in [0, 0.1) is 5.92 Å². The normalized spacial score (nSPS) is 27.2. The standard InChI is InChI=1S/C8H10O3/c1-2-7-6(3-4-9)5-11-8(7)10/h2,4,6H,3,5H2,1H3/b7-2+/t6-/m1/s1. The molecule has 0 saturated carbocycles. The molecule has 0 bridgehead atoms. The Balaban J connectivity index is 2.69. The average molecular weight is 154 g/mol. The van der Waals surface area contributed by atoms with Gasteiger partial charge in [-0.25, -0.2) is 4.79 Å². The number of carbonyl (C=O) groups is 2. The van der Waals surface area contributed by atoms with E-state index in [0.29, 0.717) is 18.6 Å². The molecule has 1 saturated heterocycles. The minimum absolute atomic E-state index is 0.00926. The summed E-state index contributed by atoms with van der Waals surface area (Å²) in [7, 11) is 0. The van der Waals surface area contributed by atoms with Gasteiger partial charge in [0.15, 0.2) is 0 Å². The molecule has 0 spiro atoms. The van der Waals surface area contributed by atoms with Gasteiger partial charge in [-0.1, -0.05) is 6.08 Å². The second-order valence-electron chi connectivity index (χ2n) is 2.44. The van der Waals surface area contributed by atoms with E-state index in [9.17, 15) is 9.59 Å². The molecule has 1 atom stereocenters. The van der Waals surface area contributed by atoms with Gasteiger partial charge < -0.3 is 9.53 Å². The first-order chi connectivity index (χ1) is 5.29. The van der Waals surface area contributed by atoms with Crippen LogP contribution in [0.3, 0.4) is 0 Å². The third kappa shape index (κ3) is 1.48. The number of ether oxygens (including phenoxy) is 1. The van der Waals surface area contributed by atoms with E-state index in [1.807, 2.05) is 0 Å². The molecule has 3 nitrogen and oxygen atoms in total. The first kappa shape index (κ1) is 7.98. The smallest absolute Gasteiger partial charge is 0.334 e. The van der Waals surface area contributed by atoms with Gasteiger partial charge in [-0.15, -0.1) is 0 Å². The van der Waals surface area contributed by atoms with Crippen molar-refractivity contribution >= 4 is 12.3 Å². The fraction of sp³-hybridized carbons (Fsp3) is 0.500. The summed E-state index contributed by atoms with van der Waals surface area (Å²) < 4.78 is 4.76. The van der Waals surface area contributed by atoms with Gasteiger partial charge in [0, 0.05) is 17.9 Å². The summed E-state index contributed by atoms with van der Waals surface area (Å²) in [6.45, 7) is 2.14. The van der Waals surface area contributed by atoms with Crippen LogP contribution in [0.4, 0.5) is 0 Å². The molecule has 1 aliphatic heterocycles. The van der Waals surface area contributed by atoms with Gasteiger partial charge >= 0.3 is 5.97 Å². The highest BCUT2D eigenvalue weighted by Gasteiger charge is 2.28. The lowest BCUT2D eigenvalue weighted by Gasteiger charge is -1.99. The number of esters is 1. The van der Waals surface area contributed by atoms with E-state index in [-0.39, 0.29) is 11.9 Å². The molecule has 0 unspecified atom stereocenters. The van der Waals surface area contributed by atoms with Crippen molar-refractivity contribution in [3.05, 3.63) is 11.6 Å². The van der Waals surface area contributed by atoms with Gasteiger partial charge in [0.2, 0.25) is 0 Å². The Bertz CT molecular complexity index is 205. The van der Waals surface area contributed by atoms with Crippen LogP contribution in [0.15, 0.2) is 11.6 Å². The van der Waals surface area contributed by atoms with Crippen molar-refractivity contribution in [1.82, 2.24) is 0 Å². The van der Waals surface area contributed by atoms with Crippen LogP contribution >= 0.6 is 0 Å². The van der Waals surface area contributed by atoms with E-state index < -0.39 is 0 Å². The van der Waals surface area contributed by atoms with Crippen LogP contribution in [0.1, 0.15) is 13.3 Å². The van der Waals surface area contributed by atoms with Crippen molar-refractivity contribution in [2.75, 3.05) is 6.61 Å². The summed E-state index contributed by atoms with van der Waals surface area (Å²) in [5.41, 5.74) is 0.636. The lowest BCUT2D eigenvalue weighted by molar-refractivity contribution is -0.135. The zero-order valence-electron chi connectivity index (χ0n) is 6.37. The molecule has 1 aliphatic rings. The SMILES string of the molecule is C/C=C1/C(=O)OC[C@H]1CC=O. The highest BCUT2D eigenvalue weighted by Crippen LogP contribution is 2.22. The Kier molecular flexibility index (Phi) is 2.41. The van der Waals surface area contributed by atoms with Gasteiger partial charge in [-0.3, -0.25) is 0 Å². The largest absolute Gasteiger partial charge is 0.462 e. The molecule has 0 N–H and O–H groups in total. The predicted octanol–water partition coefficient (Wildman–Crippen LogP) is 0.695. The molecular formula is C8H10O3. The first-order valence-electron chi connectivity index (χ1n) is 3.56. The summed E-state index contributed by atoms with van der Waals surface area (Å²) in [5, 5.41) is 0. The molecule has 0 aliphatic carbocycles. The number of rotatable bonds is 2. The Morgan fingerprint density at radius 3 is 3.00 bits per heavy atom. The van der Waals surface area contributed by atoms with Crippen molar-refractivity contribution in [3.8, 4) is 0 Å². The van der Waals surface area contributed by atoms with Crippen molar-refractivity contribution in [2.45, 2.75) is 13.3 Å². The van der Waals surface area contributed by atoms with Crippen LogP contribution in [0.2, 0.25) is 0 Å². The predicted molar refractivity (Wildman–Crippen MR) is 38.9 cm³/mol. The molecule has 11 heavy (non-hydrogen) atoms. The summed E-state index contributed by atoms with van der Waals surface area (Å²) in [6.07, 6.45) is 2.91. The number of hydrogen-bond donors (Lipinski definition) is 0. The summed E-state index contributed by atoms with van der Waals surface area (Å²) >= 11 is 0. The van der Waals surface area contributed by atoms with Gasteiger partial charge in [0.25, 0.3) is 0 Å². The van der Waals surface area contributed by atoms with E-state index >= 15 is 0 Å². The molecule has 1 fully saturated rings. The molecule has 1 heterocycles. The molecule has 0 aromatic heterocycles. The van der Waals surface area contributed by atoms with Gasteiger partial charge in [0.05, 0.1) is 6.61 Å². The number of hydrogen-bond acceptors (Lipinski definition) is 3. The fourth-order valence-electron chi connectivity index (χ4n) is 1.18. The summed E-state index contributed by atoms with van der Waals surface area (Å²) in [5.74, 6) is -0.288. The third-order valence-corrected chi connectivity index (χ3v) is 1.78. The topological polar surface area (TPSA) is 43.4 Å². The Labute approximate surface area is 65.0 Å². The highest BCUT2D eigenvalue weighted by molar-refractivity contribution is 5.91. The quantitative estimate of drug-likeness (QED) is 0.334. The van der Waals surface area contributed by atoms with Gasteiger partial charge in [0.1, 0.15) is 6.29 Å². The van der Waals surface area contributed by atoms with Crippen molar-refractivity contribution in [3.63, 3.8) is 0 Å². The van der Waals surface area contributed by atoms with Crippen molar-refractivity contribution in [2.24, 2.45) is 5.92 Å². The molecule has 60 valence electrons. The number of cyclic esters (lactones) is 1. The van der Waals surface area contributed by atoms with Gasteiger partial charge in [-0.2, -0.15) is 0 Å². The lowest BCUT2D eigenvalue weighted by Crippen LogP contribution is -2.03. The van der Waals surface area contributed by atoms with E-state index in [1.165, 1.54) is 0 Å². The number of carbonyl (C=O) groups excluding carboxylic acids is 2. The van der Waals surface area contributed by atoms with Crippen LogP contribution < -0.4 is 0 Å². The Hall–Kier alpha value is -1.12. The van der Waals surface area contributed by atoms with Crippen LogP contribution in [-0.2, 0) is 14.3 Å². The minimum atomic E-state index is -0.278. The monoisotopic (exact) mass is 154 g/mol. The third-order valence-electron chi connectivity index (χ3n) is 1.78. The maximum Gasteiger partial charge on any atom is 0.334 e. The second-order valence-corrected chi connectivity index (χ2v) is 2.44. The molecule has 0 aromatic rings. The molecule has 0 amide bonds. The lowest BCUT2D eigenvalue weighted by atomic mass is 10.00. The molecule has 0 aromatic carbocycles. The average Bonchev–Trinajstić information content (AvgIpc) is 2.33. The zero-order chi connectivity index (χ0) is 8.27. The molecular weight excluding hydrogens is 144 g/mol. The first-order valence-corrected chi connectivity index (χ1v) is 3.56. The molecule has 1 rings (SSSR count). The molecule has 3 heteroatoms. The fourth-order valence-corrected chi connectivity index (χ4v) is 1.18. The summed E-state index contributed by atoms with van der Waals surface area (Å²) in [4.78, 5) is 21.0. The van der Waals surface area contributed by atoms with E-state index in [0.717, 1.165) is 6.29 Å².